The fourth-order valence-electron chi connectivity index (χ4n) is 4.15. The van der Waals surface area contributed by atoms with Crippen LogP contribution in [0.5, 0.6) is 11.5 Å². The third-order valence-corrected chi connectivity index (χ3v) is 6.10. The summed E-state index contributed by atoms with van der Waals surface area (Å²) in [7, 11) is 3.28. The molecule has 1 fully saturated rings. The van der Waals surface area contributed by atoms with Gasteiger partial charge in [-0.05, 0) is 43.2 Å². The van der Waals surface area contributed by atoms with Crippen LogP contribution in [-0.4, -0.2) is 67.0 Å². The Balaban J connectivity index is 0.00000164. The number of fused-ring (bicyclic) bond motifs is 1. The third kappa shape index (κ3) is 6.44. The maximum Gasteiger partial charge on any atom is 0.226 e. The predicted molar refractivity (Wildman–Crippen MR) is 152 cm³/mol. The van der Waals surface area contributed by atoms with Crippen LogP contribution in [0.3, 0.4) is 0 Å². The molecular formula is C28H37N7O3. The lowest BCUT2D eigenvalue weighted by Crippen LogP contribution is -2.37. The van der Waals surface area contributed by atoms with Gasteiger partial charge in [0.05, 0.1) is 27.4 Å². The van der Waals surface area contributed by atoms with Gasteiger partial charge in [-0.3, -0.25) is 0 Å². The number of ether oxygens (including phenoxy) is 3. The van der Waals surface area contributed by atoms with Crippen molar-refractivity contribution in [2.75, 3.05) is 62.6 Å². The van der Waals surface area contributed by atoms with Crippen LogP contribution in [0.15, 0.2) is 42.5 Å². The molecule has 2 aromatic carbocycles. The molecule has 4 aromatic rings. The fourth-order valence-corrected chi connectivity index (χ4v) is 4.15. The Hall–Kier alpha value is -4.05. The van der Waals surface area contributed by atoms with Crippen molar-refractivity contribution in [3.05, 3.63) is 53.6 Å². The number of rotatable bonds is 9. The molecule has 3 N–H and O–H groups in total. The van der Waals surface area contributed by atoms with E-state index in [1.807, 2.05) is 44.2 Å². The Morgan fingerprint density at radius 3 is 2.39 bits per heavy atom. The molecule has 202 valence electrons. The van der Waals surface area contributed by atoms with Crippen molar-refractivity contribution >= 4 is 34.6 Å². The molecule has 0 spiro atoms. The number of imidazole rings is 1. The highest BCUT2D eigenvalue weighted by molar-refractivity contribution is 5.87. The van der Waals surface area contributed by atoms with E-state index in [0.717, 1.165) is 42.1 Å². The summed E-state index contributed by atoms with van der Waals surface area (Å²) in [6.07, 6.45) is 0.773. The van der Waals surface area contributed by atoms with E-state index in [-0.39, 0.29) is 0 Å². The van der Waals surface area contributed by atoms with Gasteiger partial charge in [-0.2, -0.15) is 15.0 Å². The summed E-state index contributed by atoms with van der Waals surface area (Å²) in [4.78, 5) is 19.8. The van der Waals surface area contributed by atoms with E-state index < -0.39 is 0 Å². The molecule has 0 radical (unpaired) electrons. The number of aromatic amines is 1. The Morgan fingerprint density at radius 1 is 0.947 bits per heavy atom. The second-order valence-electron chi connectivity index (χ2n) is 8.61. The summed E-state index contributed by atoms with van der Waals surface area (Å²) >= 11 is 0. The van der Waals surface area contributed by atoms with E-state index >= 15 is 0 Å². The smallest absolute Gasteiger partial charge is 0.226 e. The number of nitrogens with one attached hydrogen (secondary N) is 3. The summed E-state index contributed by atoms with van der Waals surface area (Å²) in [5.74, 6) is 3.42. The van der Waals surface area contributed by atoms with Gasteiger partial charge < -0.3 is 34.7 Å². The first kappa shape index (κ1) is 27.0. The quantitative estimate of drug-likeness (QED) is 0.283. The molecule has 2 aromatic heterocycles. The van der Waals surface area contributed by atoms with Gasteiger partial charge in [-0.15, -0.1) is 0 Å². The van der Waals surface area contributed by atoms with Gasteiger partial charge in [0.15, 0.2) is 23.0 Å². The topological polar surface area (TPSA) is 109 Å². The lowest BCUT2D eigenvalue weighted by Gasteiger charge is -2.28. The number of aryl methyl sites for hydroxylation is 1. The second kappa shape index (κ2) is 13.0. The van der Waals surface area contributed by atoms with E-state index in [9.17, 15) is 0 Å². The van der Waals surface area contributed by atoms with Gasteiger partial charge in [0.25, 0.3) is 0 Å². The first-order valence-electron chi connectivity index (χ1n) is 13.0. The number of benzene rings is 2. The number of nitrogens with zero attached hydrogens (tertiary/aromatic N) is 4. The molecule has 10 heteroatoms. The molecule has 10 nitrogen and oxygen atoms in total. The minimum absolute atomic E-state index is 0.540. The molecule has 3 heterocycles. The van der Waals surface area contributed by atoms with Crippen molar-refractivity contribution in [3.8, 4) is 11.5 Å². The van der Waals surface area contributed by atoms with Gasteiger partial charge in [0, 0.05) is 25.3 Å². The molecule has 0 amide bonds. The average molecular weight is 520 g/mol. The van der Waals surface area contributed by atoms with E-state index in [0.29, 0.717) is 48.8 Å². The number of hydrogen-bond donors (Lipinski definition) is 3. The van der Waals surface area contributed by atoms with Gasteiger partial charge in [0.1, 0.15) is 5.52 Å². The lowest BCUT2D eigenvalue weighted by atomic mass is 10.1. The molecule has 1 saturated heterocycles. The number of methoxy groups -OCH3 is 2. The molecular weight excluding hydrogens is 482 g/mol. The third-order valence-electron chi connectivity index (χ3n) is 6.10. The normalized spacial score (nSPS) is 13.0. The van der Waals surface area contributed by atoms with Crippen molar-refractivity contribution in [2.45, 2.75) is 27.2 Å². The number of morpholine rings is 1. The number of H-pyrrole nitrogens is 1. The Morgan fingerprint density at radius 2 is 1.68 bits per heavy atom. The van der Waals surface area contributed by atoms with Crippen LogP contribution >= 0.6 is 0 Å². The van der Waals surface area contributed by atoms with Gasteiger partial charge in [-0.1, -0.05) is 37.6 Å². The Bertz CT molecular complexity index is 1320. The van der Waals surface area contributed by atoms with Crippen molar-refractivity contribution in [3.63, 3.8) is 0 Å². The lowest BCUT2D eigenvalue weighted by molar-refractivity contribution is 0.122. The van der Waals surface area contributed by atoms with E-state index in [2.05, 4.69) is 39.6 Å². The summed E-state index contributed by atoms with van der Waals surface area (Å²) in [6.45, 7) is 9.57. The van der Waals surface area contributed by atoms with Crippen molar-refractivity contribution in [1.82, 2.24) is 19.9 Å². The minimum atomic E-state index is 0.540. The highest BCUT2D eigenvalue weighted by Crippen LogP contribution is 2.29. The van der Waals surface area contributed by atoms with Crippen molar-refractivity contribution in [1.29, 1.82) is 0 Å². The monoisotopic (exact) mass is 519 g/mol. The Labute approximate surface area is 223 Å². The molecule has 1 aliphatic heterocycles. The van der Waals surface area contributed by atoms with Crippen LogP contribution in [0.4, 0.5) is 23.4 Å². The maximum atomic E-state index is 5.55. The number of anilines is 4. The van der Waals surface area contributed by atoms with Crippen LogP contribution in [0, 0.1) is 6.92 Å². The molecule has 0 saturated carbocycles. The molecule has 0 bridgehead atoms. The zero-order valence-electron chi connectivity index (χ0n) is 22.8. The van der Waals surface area contributed by atoms with Crippen LogP contribution in [0.25, 0.3) is 11.2 Å². The Kier molecular flexibility index (Phi) is 9.21. The van der Waals surface area contributed by atoms with Gasteiger partial charge in [0.2, 0.25) is 11.9 Å². The molecule has 5 rings (SSSR count). The number of hydrogen-bond acceptors (Lipinski definition) is 9. The van der Waals surface area contributed by atoms with Gasteiger partial charge in [-0.25, -0.2) is 0 Å². The van der Waals surface area contributed by atoms with E-state index in [1.54, 1.807) is 14.2 Å². The van der Waals surface area contributed by atoms with E-state index in [1.165, 1.54) is 5.56 Å². The highest BCUT2D eigenvalue weighted by atomic mass is 16.5. The highest BCUT2D eigenvalue weighted by Gasteiger charge is 2.20. The maximum absolute atomic E-state index is 5.55. The van der Waals surface area contributed by atoms with Crippen LogP contribution in [0.1, 0.15) is 25.0 Å². The summed E-state index contributed by atoms with van der Waals surface area (Å²) in [5.41, 5.74) is 4.69. The van der Waals surface area contributed by atoms with Crippen LogP contribution in [0.2, 0.25) is 0 Å². The SMILES string of the molecule is CC.COc1ccc(CCNc2nc(N3CCOCC3)c3[nH]c(Nc4ccc(C)cc4)nc3n2)cc1OC. The zero-order valence-corrected chi connectivity index (χ0v) is 22.8. The average Bonchev–Trinajstić information content (AvgIpc) is 3.37. The zero-order chi connectivity index (χ0) is 26.9. The second-order valence-corrected chi connectivity index (χ2v) is 8.61. The number of aromatic nitrogens is 4. The summed E-state index contributed by atoms with van der Waals surface area (Å²) in [6, 6.07) is 14.1. The molecule has 0 aliphatic carbocycles. The summed E-state index contributed by atoms with van der Waals surface area (Å²) in [5, 5.41) is 6.70. The van der Waals surface area contributed by atoms with Crippen molar-refractivity contribution < 1.29 is 14.2 Å². The molecule has 38 heavy (non-hydrogen) atoms. The van der Waals surface area contributed by atoms with Crippen LogP contribution < -0.4 is 25.0 Å². The van der Waals surface area contributed by atoms with Crippen LogP contribution in [-0.2, 0) is 11.2 Å². The fraction of sp³-hybridized carbons (Fsp3) is 0.393. The molecule has 0 unspecified atom stereocenters. The van der Waals surface area contributed by atoms with Gasteiger partial charge >= 0.3 is 0 Å². The largest absolute Gasteiger partial charge is 0.493 e. The first-order chi connectivity index (χ1) is 18.6. The summed E-state index contributed by atoms with van der Waals surface area (Å²) < 4.78 is 16.3. The minimum Gasteiger partial charge on any atom is -0.493 e. The molecule has 0 atom stereocenters. The van der Waals surface area contributed by atoms with Crippen molar-refractivity contribution in [2.24, 2.45) is 0 Å². The molecule has 1 aliphatic rings. The first-order valence-corrected chi connectivity index (χ1v) is 13.0. The standard InChI is InChI=1S/C26H31N7O3.C2H6/c1-17-4-7-19(8-5-17)28-26-29-22-23(31-26)30-25(32-24(22)33-12-14-36-15-13-33)27-11-10-18-6-9-20(34-2)21(16-18)35-3;1-2/h4-9,16H,10-15H2,1-3H3,(H3,27,28,29,30,31,32);1-2H3. The predicted octanol–water partition coefficient (Wildman–Crippen LogP) is 4.94. The van der Waals surface area contributed by atoms with E-state index in [4.69, 9.17) is 29.2 Å².